The molecule has 0 saturated carbocycles. The van der Waals surface area contributed by atoms with Gasteiger partial charge in [-0.15, -0.1) is 0 Å². The molecule has 19 heavy (non-hydrogen) atoms. The van der Waals surface area contributed by atoms with E-state index in [1.54, 1.807) is 6.07 Å². The number of halogens is 1. The molecule has 2 atom stereocenters. The van der Waals surface area contributed by atoms with Gasteiger partial charge in [0, 0.05) is 17.7 Å². The molecule has 2 rings (SSSR count). The van der Waals surface area contributed by atoms with Crippen LogP contribution in [0.1, 0.15) is 32.1 Å². The van der Waals surface area contributed by atoms with Crippen LogP contribution in [0, 0.1) is 0 Å². The predicted molar refractivity (Wildman–Crippen MR) is 77.7 cm³/mol. The van der Waals surface area contributed by atoms with Gasteiger partial charge in [-0.1, -0.05) is 17.7 Å². The molecule has 1 aromatic carbocycles. The first-order valence-electron chi connectivity index (χ1n) is 6.99. The lowest BCUT2D eigenvalue weighted by Crippen LogP contribution is -2.28. The Morgan fingerprint density at radius 2 is 2.37 bits per heavy atom. The van der Waals surface area contributed by atoms with Gasteiger partial charge in [-0.25, -0.2) is 0 Å². The Morgan fingerprint density at radius 3 is 3.11 bits per heavy atom. The van der Waals surface area contributed by atoms with Crippen molar-refractivity contribution in [3.05, 3.63) is 29.3 Å². The maximum absolute atomic E-state index is 6.05. The third-order valence-electron chi connectivity index (χ3n) is 3.39. The fraction of sp³-hybridized carbons (Fsp3) is 0.600. The highest BCUT2D eigenvalue weighted by Gasteiger charge is 2.15. The van der Waals surface area contributed by atoms with E-state index in [9.17, 15) is 0 Å². The van der Waals surface area contributed by atoms with E-state index < -0.39 is 0 Å². The van der Waals surface area contributed by atoms with Crippen molar-refractivity contribution in [2.24, 2.45) is 5.73 Å². The molecule has 1 aliphatic rings. The van der Waals surface area contributed by atoms with Gasteiger partial charge in [-0.05, 0) is 50.3 Å². The van der Waals surface area contributed by atoms with Gasteiger partial charge in [0.15, 0.2) is 0 Å². The summed E-state index contributed by atoms with van der Waals surface area (Å²) in [6, 6.07) is 7.47. The monoisotopic (exact) mass is 283 g/mol. The summed E-state index contributed by atoms with van der Waals surface area (Å²) < 4.78 is 11.2. The molecule has 3 nitrogen and oxygen atoms in total. The van der Waals surface area contributed by atoms with Crippen LogP contribution < -0.4 is 10.5 Å². The summed E-state index contributed by atoms with van der Waals surface area (Å²) in [7, 11) is 0. The van der Waals surface area contributed by atoms with Crippen LogP contribution in [0.4, 0.5) is 0 Å². The molecule has 0 spiro atoms. The minimum atomic E-state index is 0.0698. The summed E-state index contributed by atoms with van der Waals surface area (Å²) >= 11 is 5.89. The van der Waals surface area contributed by atoms with E-state index in [2.05, 4.69) is 0 Å². The third kappa shape index (κ3) is 5.39. The lowest BCUT2D eigenvalue weighted by Gasteiger charge is -2.14. The second-order valence-corrected chi connectivity index (χ2v) is 5.53. The summed E-state index contributed by atoms with van der Waals surface area (Å²) in [4.78, 5) is 0. The molecule has 1 saturated heterocycles. The number of ether oxygens (including phenoxy) is 2. The third-order valence-corrected chi connectivity index (χ3v) is 3.62. The molecule has 0 aromatic heterocycles. The largest absolute Gasteiger partial charge is 0.492 e. The molecule has 4 heteroatoms. The topological polar surface area (TPSA) is 44.5 Å². The first-order valence-corrected chi connectivity index (χ1v) is 7.37. The standard InChI is InChI=1S/C15H22ClNO2/c16-12-4-1-7-15(10-12)19-11-13(17)5-2-6-14-8-3-9-18-14/h1,4,7,10,13-14H,2-3,5-6,8-9,11,17H2. The van der Waals surface area contributed by atoms with Crippen molar-refractivity contribution in [3.8, 4) is 5.75 Å². The molecule has 106 valence electrons. The van der Waals surface area contributed by atoms with Gasteiger partial charge < -0.3 is 15.2 Å². The van der Waals surface area contributed by atoms with Crippen LogP contribution >= 0.6 is 11.6 Å². The van der Waals surface area contributed by atoms with Crippen LogP contribution in [0.2, 0.25) is 5.02 Å². The fourth-order valence-electron chi connectivity index (χ4n) is 2.32. The maximum atomic E-state index is 6.05. The molecule has 2 unspecified atom stereocenters. The smallest absolute Gasteiger partial charge is 0.120 e. The Bertz CT molecular complexity index is 380. The van der Waals surface area contributed by atoms with Crippen molar-refractivity contribution in [2.75, 3.05) is 13.2 Å². The SMILES string of the molecule is NC(CCCC1CCCO1)COc1cccc(Cl)c1. The quantitative estimate of drug-likeness (QED) is 0.834. The Balaban J connectivity index is 1.60. The first-order chi connectivity index (χ1) is 9.24. The van der Waals surface area contributed by atoms with E-state index >= 15 is 0 Å². The Hall–Kier alpha value is -0.770. The highest BCUT2D eigenvalue weighted by molar-refractivity contribution is 6.30. The molecule has 0 radical (unpaired) electrons. The molecule has 1 fully saturated rings. The molecule has 1 heterocycles. The maximum Gasteiger partial charge on any atom is 0.120 e. The molecule has 1 aromatic rings. The summed E-state index contributed by atoms with van der Waals surface area (Å²) in [5, 5.41) is 0.685. The van der Waals surface area contributed by atoms with E-state index in [4.69, 9.17) is 26.8 Å². The van der Waals surface area contributed by atoms with Crippen LogP contribution in [0.25, 0.3) is 0 Å². The van der Waals surface area contributed by atoms with E-state index in [-0.39, 0.29) is 6.04 Å². The fourth-order valence-corrected chi connectivity index (χ4v) is 2.50. The van der Waals surface area contributed by atoms with Gasteiger partial charge in [0.25, 0.3) is 0 Å². The number of hydrogen-bond acceptors (Lipinski definition) is 3. The Morgan fingerprint density at radius 1 is 1.47 bits per heavy atom. The van der Waals surface area contributed by atoms with Crippen molar-refractivity contribution in [1.82, 2.24) is 0 Å². The molecular formula is C15H22ClNO2. The van der Waals surface area contributed by atoms with E-state index in [0.29, 0.717) is 17.7 Å². The van der Waals surface area contributed by atoms with E-state index in [0.717, 1.165) is 31.6 Å². The van der Waals surface area contributed by atoms with Crippen molar-refractivity contribution < 1.29 is 9.47 Å². The molecule has 2 N–H and O–H groups in total. The normalized spacial score (nSPS) is 20.4. The molecular weight excluding hydrogens is 262 g/mol. The van der Waals surface area contributed by atoms with Gasteiger partial charge in [-0.2, -0.15) is 0 Å². The summed E-state index contributed by atoms with van der Waals surface area (Å²) in [6.45, 7) is 1.46. The molecule has 1 aliphatic heterocycles. The average molecular weight is 284 g/mol. The van der Waals surface area contributed by atoms with Crippen molar-refractivity contribution in [1.29, 1.82) is 0 Å². The minimum Gasteiger partial charge on any atom is -0.492 e. The van der Waals surface area contributed by atoms with Crippen molar-refractivity contribution in [2.45, 2.75) is 44.2 Å². The van der Waals surface area contributed by atoms with E-state index in [1.165, 1.54) is 12.8 Å². The van der Waals surface area contributed by atoms with E-state index in [1.807, 2.05) is 18.2 Å². The Labute approximate surface area is 120 Å². The van der Waals surface area contributed by atoms with Crippen molar-refractivity contribution >= 4 is 11.6 Å². The second kappa shape index (κ2) is 7.73. The van der Waals surface area contributed by atoms with Gasteiger partial charge in [-0.3, -0.25) is 0 Å². The lowest BCUT2D eigenvalue weighted by molar-refractivity contribution is 0.101. The summed E-state index contributed by atoms with van der Waals surface area (Å²) in [5.41, 5.74) is 6.05. The van der Waals surface area contributed by atoms with Gasteiger partial charge in [0.05, 0.1) is 6.10 Å². The lowest BCUT2D eigenvalue weighted by atomic mass is 10.1. The van der Waals surface area contributed by atoms with Crippen LogP contribution in [-0.2, 0) is 4.74 Å². The average Bonchev–Trinajstić information content (AvgIpc) is 2.90. The van der Waals surface area contributed by atoms with Gasteiger partial charge in [0.1, 0.15) is 12.4 Å². The van der Waals surface area contributed by atoms with Gasteiger partial charge >= 0.3 is 0 Å². The van der Waals surface area contributed by atoms with Crippen LogP contribution in [-0.4, -0.2) is 25.4 Å². The number of nitrogens with two attached hydrogens (primary N) is 1. The number of hydrogen-bond donors (Lipinski definition) is 1. The zero-order valence-electron chi connectivity index (χ0n) is 11.2. The molecule has 0 aliphatic carbocycles. The zero-order chi connectivity index (χ0) is 13.5. The summed E-state index contributed by atoms with van der Waals surface area (Å²) in [5.74, 6) is 0.780. The Kier molecular flexibility index (Phi) is 5.95. The van der Waals surface area contributed by atoms with Crippen molar-refractivity contribution in [3.63, 3.8) is 0 Å². The predicted octanol–water partition coefficient (Wildman–Crippen LogP) is 3.40. The zero-order valence-corrected chi connectivity index (χ0v) is 11.9. The highest BCUT2D eigenvalue weighted by atomic mass is 35.5. The minimum absolute atomic E-state index is 0.0698. The second-order valence-electron chi connectivity index (χ2n) is 5.09. The van der Waals surface area contributed by atoms with Crippen LogP contribution in [0.3, 0.4) is 0 Å². The van der Waals surface area contributed by atoms with Gasteiger partial charge in [0.2, 0.25) is 0 Å². The molecule has 0 bridgehead atoms. The number of rotatable bonds is 7. The first kappa shape index (κ1) is 14.6. The van der Waals surface area contributed by atoms with Crippen LogP contribution in [0.15, 0.2) is 24.3 Å². The highest BCUT2D eigenvalue weighted by Crippen LogP contribution is 2.19. The van der Waals surface area contributed by atoms with Crippen LogP contribution in [0.5, 0.6) is 5.75 Å². The number of benzene rings is 1. The summed E-state index contributed by atoms with van der Waals surface area (Å²) in [6.07, 6.45) is 6.06. The molecule has 0 amide bonds.